The average Bonchev–Trinajstić information content (AvgIpc) is 2.73. The number of nitrogens with zero attached hydrogens (tertiary/aromatic N) is 1. The van der Waals surface area contributed by atoms with Gasteiger partial charge in [0.25, 0.3) is 0 Å². The minimum atomic E-state index is -0.864. The maximum atomic E-state index is 13.1. The first-order valence-electron chi connectivity index (χ1n) is 9.10. The summed E-state index contributed by atoms with van der Waals surface area (Å²) < 4.78 is 5.24. The summed E-state index contributed by atoms with van der Waals surface area (Å²) in [5, 5.41) is 4.70. The van der Waals surface area contributed by atoms with Crippen LogP contribution >= 0.6 is 0 Å². The van der Waals surface area contributed by atoms with E-state index in [9.17, 15) is 14.4 Å². The predicted molar refractivity (Wildman–Crippen MR) is 104 cm³/mol. The second-order valence-electron chi connectivity index (χ2n) is 6.80. The van der Waals surface area contributed by atoms with Gasteiger partial charge in [-0.2, -0.15) is 0 Å². The summed E-state index contributed by atoms with van der Waals surface area (Å²) in [6, 6.07) is 10.7. The number of rotatable bonds is 5. The number of piperazine rings is 1. The Morgan fingerprint density at radius 3 is 2.71 bits per heavy atom. The molecule has 4 N–H and O–H groups in total. The minimum Gasteiger partial charge on any atom is -0.497 e. The second kappa shape index (κ2) is 8.26. The Hall–Kier alpha value is -3.13. The molecule has 3 rings (SSSR count). The number of nitrogens with one attached hydrogen (secondary N) is 2. The molecule has 0 aromatic heterocycles. The van der Waals surface area contributed by atoms with Crippen molar-refractivity contribution in [3.05, 3.63) is 42.0 Å². The maximum Gasteiger partial charge on any atom is 0.243 e. The van der Waals surface area contributed by atoms with E-state index in [1.807, 2.05) is 41.8 Å². The highest BCUT2D eigenvalue weighted by atomic mass is 16.5. The summed E-state index contributed by atoms with van der Waals surface area (Å²) in [6.07, 6.45) is -0.168. The molecule has 0 bridgehead atoms. The zero-order valence-electron chi connectivity index (χ0n) is 15.9. The van der Waals surface area contributed by atoms with Gasteiger partial charge in [-0.3, -0.25) is 19.8 Å². The number of hydrazine groups is 1. The first-order valence-corrected chi connectivity index (χ1v) is 9.10. The van der Waals surface area contributed by atoms with Crippen LogP contribution in [-0.4, -0.2) is 48.9 Å². The van der Waals surface area contributed by atoms with Crippen molar-refractivity contribution in [2.45, 2.75) is 25.3 Å². The fourth-order valence-corrected chi connectivity index (χ4v) is 3.45. The minimum absolute atomic E-state index is 0.168. The Morgan fingerprint density at radius 2 is 2.00 bits per heavy atom. The standard InChI is InChI=1S/C20H24N4O4/c1-12(13-3-4-15-10-16(28-2)6-5-14(15)9-13)20(27)24-8-7-22-19(26)17(24)11-18(25)23-21/h3-6,9-10,12,17H,7-8,11,21H2,1-2H3,(H,22,26)(H,23,25). The quantitative estimate of drug-likeness (QED) is 0.398. The normalized spacial score (nSPS) is 17.8. The van der Waals surface area contributed by atoms with Gasteiger partial charge in [-0.1, -0.05) is 24.3 Å². The molecular formula is C20H24N4O4. The molecule has 1 saturated heterocycles. The number of fused-ring (bicyclic) bond motifs is 1. The van der Waals surface area contributed by atoms with Crippen molar-refractivity contribution in [2.24, 2.45) is 5.84 Å². The van der Waals surface area contributed by atoms with E-state index < -0.39 is 17.9 Å². The lowest BCUT2D eigenvalue weighted by atomic mass is 9.95. The van der Waals surface area contributed by atoms with Crippen LogP contribution in [0.5, 0.6) is 5.75 Å². The molecule has 2 atom stereocenters. The molecular weight excluding hydrogens is 360 g/mol. The summed E-state index contributed by atoms with van der Waals surface area (Å²) in [5.74, 6) is 4.41. The van der Waals surface area contributed by atoms with Crippen LogP contribution in [0.4, 0.5) is 0 Å². The van der Waals surface area contributed by atoms with Crippen molar-refractivity contribution < 1.29 is 19.1 Å². The molecule has 0 saturated carbocycles. The van der Waals surface area contributed by atoms with E-state index in [-0.39, 0.29) is 18.2 Å². The van der Waals surface area contributed by atoms with Crippen molar-refractivity contribution in [3.8, 4) is 5.75 Å². The van der Waals surface area contributed by atoms with Gasteiger partial charge in [0.15, 0.2) is 0 Å². The van der Waals surface area contributed by atoms with Crippen LogP contribution in [0.15, 0.2) is 36.4 Å². The Kier molecular flexibility index (Phi) is 5.79. The van der Waals surface area contributed by atoms with E-state index in [1.165, 1.54) is 4.90 Å². The van der Waals surface area contributed by atoms with Crippen molar-refractivity contribution >= 4 is 28.5 Å². The molecule has 1 aliphatic heterocycles. The Labute approximate surface area is 163 Å². The lowest BCUT2D eigenvalue weighted by molar-refractivity contribution is -0.145. The summed E-state index contributed by atoms with van der Waals surface area (Å²) >= 11 is 0. The monoisotopic (exact) mass is 384 g/mol. The molecule has 1 aliphatic rings. The first-order chi connectivity index (χ1) is 13.4. The molecule has 0 aliphatic carbocycles. The topological polar surface area (TPSA) is 114 Å². The third-order valence-electron chi connectivity index (χ3n) is 5.10. The molecule has 148 valence electrons. The highest BCUT2D eigenvalue weighted by Gasteiger charge is 2.36. The second-order valence-corrected chi connectivity index (χ2v) is 6.80. The third-order valence-corrected chi connectivity index (χ3v) is 5.10. The smallest absolute Gasteiger partial charge is 0.243 e. The van der Waals surface area contributed by atoms with Crippen molar-refractivity contribution in [1.29, 1.82) is 0 Å². The van der Waals surface area contributed by atoms with Crippen LogP contribution in [0.25, 0.3) is 10.8 Å². The van der Waals surface area contributed by atoms with Gasteiger partial charge in [0.1, 0.15) is 11.8 Å². The first kappa shape index (κ1) is 19.6. The van der Waals surface area contributed by atoms with Crippen LogP contribution < -0.4 is 21.3 Å². The molecule has 1 heterocycles. The lowest BCUT2D eigenvalue weighted by Crippen LogP contribution is -2.59. The van der Waals surface area contributed by atoms with Gasteiger partial charge in [0.2, 0.25) is 17.7 Å². The SMILES string of the molecule is COc1ccc2cc(C(C)C(=O)N3CCNC(=O)C3CC(=O)NN)ccc2c1. The van der Waals surface area contributed by atoms with E-state index in [4.69, 9.17) is 10.6 Å². The van der Waals surface area contributed by atoms with Crippen molar-refractivity contribution in [1.82, 2.24) is 15.6 Å². The third kappa shape index (κ3) is 3.91. The van der Waals surface area contributed by atoms with Crippen molar-refractivity contribution in [2.75, 3.05) is 20.2 Å². The largest absolute Gasteiger partial charge is 0.497 e. The zero-order chi connectivity index (χ0) is 20.3. The predicted octanol–water partition coefficient (Wildman–Crippen LogP) is 0.659. The van der Waals surface area contributed by atoms with Crippen LogP contribution in [-0.2, 0) is 14.4 Å². The Balaban J connectivity index is 1.84. The lowest BCUT2D eigenvalue weighted by Gasteiger charge is -2.36. The van der Waals surface area contributed by atoms with Gasteiger partial charge in [-0.25, -0.2) is 5.84 Å². The highest BCUT2D eigenvalue weighted by molar-refractivity contribution is 5.95. The number of hydrogen-bond donors (Lipinski definition) is 3. The number of amides is 3. The number of carbonyl (C=O) groups excluding carboxylic acids is 3. The van der Waals surface area contributed by atoms with E-state index in [0.29, 0.717) is 13.1 Å². The summed E-state index contributed by atoms with van der Waals surface area (Å²) in [6.45, 7) is 2.51. The number of methoxy groups -OCH3 is 1. The van der Waals surface area contributed by atoms with Gasteiger partial charge in [0, 0.05) is 13.1 Å². The van der Waals surface area contributed by atoms with Crippen LogP contribution in [0.3, 0.4) is 0 Å². The maximum absolute atomic E-state index is 13.1. The molecule has 3 amide bonds. The summed E-state index contributed by atoms with van der Waals surface area (Å²) in [5.41, 5.74) is 2.86. The number of carbonyl (C=O) groups is 3. The Bertz CT molecular complexity index is 914. The van der Waals surface area contributed by atoms with Gasteiger partial charge < -0.3 is 15.0 Å². The number of ether oxygens (including phenoxy) is 1. The number of hydrogen-bond acceptors (Lipinski definition) is 5. The van der Waals surface area contributed by atoms with Crippen LogP contribution in [0.1, 0.15) is 24.8 Å². The van der Waals surface area contributed by atoms with Gasteiger partial charge >= 0.3 is 0 Å². The van der Waals surface area contributed by atoms with Gasteiger partial charge in [0.05, 0.1) is 19.4 Å². The molecule has 2 aromatic rings. The molecule has 28 heavy (non-hydrogen) atoms. The molecule has 2 aromatic carbocycles. The molecule has 8 nitrogen and oxygen atoms in total. The molecule has 0 radical (unpaired) electrons. The van der Waals surface area contributed by atoms with Crippen molar-refractivity contribution in [3.63, 3.8) is 0 Å². The zero-order valence-corrected chi connectivity index (χ0v) is 15.9. The highest BCUT2D eigenvalue weighted by Crippen LogP contribution is 2.27. The Morgan fingerprint density at radius 1 is 1.29 bits per heavy atom. The number of benzene rings is 2. The number of nitrogens with two attached hydrogens (primary N) is 1. The van der Waals surface area contributed by atoms with Gasteiger partial charge in [-0.05, 0) is 35.4 Å². The van der Waals surface area contributed by atoms with Crippen LogP contribution in [0, 0.1) is 0 Å². The molecule has 1 fully saturated rings. The molecule has 2 unspecified atom stereocenters. The summed E-state index contributed by atoms with van der Waals surface area (Å²) in [4.78, 5) is 38.5. The average molecular weight is 384 g/mol. The molecule has 0 spiro atoms. The van der Waals surface area contributed by atoms with E-state index in [2.05, 4.69) is 5.32 Å². The fourth-order valence-electron chi connectivity index (χ4n) is 3.45. The fraction of sp³-hybridized carbons (Fsp3) is 0.350. The van der Waals surface area contributed by atoms with Gasteiger partial charge in [-0.15, -0.1) is 0 Å². The summed E-state index contributed by atoms with van der Waals surface area (Å²) in [7, 11) is 1.62. The van der Waals surface area contributed by atoms with Crippen LogP contribution in [0.2, 0.25) is 0 Å². The molecule has 8 heteroatoms. The van der Waals surface area contributed by atoms with E-state index >= 15 is 0 Å². The van der Waals surface area contributed by atoms with E-state index in [0.717, 1.165) is 22.1 Å². The van der Waals surface area contributed by atoms with E-state index in [1.54, 1.807) is 14.0 Å².